The molecule has 2 aromatic rings. The molecule has 5 heteroatoms. The van der Waals surface area contributed by atoms with Gasteiger partial charge in [-0.15, -0.1) is 0 Å². The zero-order chi connectivity index (χ0) is 14.0. The predicted octanol–water partition coefficient (Wildman–Crippen LogP) is 2.69. The van der Waals surface area contributed by atoms with Crippen molar-refractivity contribution >= 4 is 0 Å². The summed E-state index contributed by atoms with van der Waals surface area (Å²) in [6.45, 7) is 4.33. The number of nitrogens with one attached hydrogen (secondary N) is 1. The number of rotatable bonds is 4. The van der Waals surface area contributed by atoms with Crippen molar-refractivity contribution < 1.29 is 9.13 Å². The summed E-state index contributed by atoms with van der Waals surface area (Å²) in [5, 5.41) is 7.43. The highest BCUT2D eigenvalue weighted by Crippen LogP contribution is 2.28. The summed E-state index contributed by atoms with van der Waals surface area (Å²) in [4.78, 5) is 0. The maximum Gasteiger partial charge on any atom is 0.222 e. The van der Waals surface area contributed by atoms with Gasteiger partial charge in [-0.3, -0.25) is 0 Å². The average molecular weight is 263 g/mol. The molecule has 4 nitrogen and oxygen atoms in total. The van der Waals surface area contributed by atoms with Crippen LogP contribution in [0.2, 0.25) is 0 Å². The Morgan fingerprint density at radius 3 is 2.74 bits per heavy atom. The third kappa shape index (κ3) is 2.76. The topological polar surface area (TPSA) is 39.1 Å². The molecule has 1 aromatic carbocycles. The van der Waals surface area contributed by atoms with Crippen molar-refractivity contribution in [2.45, 2.75) is 20.4 Å². The van der Waals surface area contributed by atoms with Gasteiger partial charge in [-0.25, -0.2) is 9.07 Å². The van der Waals surface area contributed by atoms with E-state index < -0.39 is 0 Å². The molecule has 0 aliphatic rings. The van der Waals surface area contributed by atoms with E-state index in [0.29, 0.717) is 23.7 Å². The SMILES string of the molecule is CNCc1c(C)nn(C)c1Oc1ccc(F)c(C)c1. The fraction of sp³-hybridized carbons (Fsp3) is 0.357. The minimum absolute atomic E-state index is 0.232. The average Bonchev–Trinajstić information content (AvgIpc) is 2.61. The predicted molar refractivity (Wildman–Crippen MR) is 71.9 cm³/mol. The van der Waals surface area contributed by atoms with Crippen LogP contribution in [0.4, 0.5) is 4.39 Å². The molecular formula is C14H18FN3O. The molecule has 0 amide bonds. The molecule has 0 fully saturated rings. The summed E-state index contributed by atoms with van der Waals surface area (Å²) in [7, 11) is 3.70. The van der Waals surface area contributed by atoms with E-state index >= 15 is 0 Å². The smallest absolute Gasteiger partial charge is 0.222 e. The second kappa shape index (κ2) is 5.40. The third-order valence-corrected chi connectivity index (χ3v) is 2.99. The highest BCUT2D eigenvalue weighted by Gasteiger charge is 2.15. The van der Waals surface area contributed by atoms with E-state index in [1.165, 1.54) is 6.07 Å². The molecule has 1 aromatic heterocycles. The van der Waals surface area contributed by atoms with Crippen molar-refractivity contribution in [1.82, 2.24) is 15.1 Å². The van der Waals surface area contributed by atoms with Gasteiger partial charge in [0.1, 0.15) is 11.6 Å². The second-order valence-corrected chi connectivity index (χ2v) is 4.54. The molecule has 0 radical (unpaired) electrons. The number of hydrogen-bond donors (Lipinski definition) is 1. The lowest BCUT2D eigenvalue weighted by molar-refractivity contribution is 0.423. The van der Waals surface area contributed by atoms with Gasteiger partial charge in [0, 0.05) is 13.6 Å². The van der Waals surface area contributed by atoms with Gasteiger partial charge in [-0.05, 0) is 44.7 Å². The quantitative estimate of drug-likeness (QED) is 0.921. The standard InChI is InChI=1S/C14H18FN3O/c1-9-7-11(5-6-13(9)15)19-14-12(8-16-3)10(2)17-18(14)4/h5-7,16H,8H2,1-4H3. The monoisotopic (exact) mass is 263 g/mol. The highest BCUT2D eigenvalue weighted by molar-refractivity contribution is 5.37. The number of halogens is 1. The summed E-state index contributed by atoms with van der Waals surface area (Å²) in [5.41, 5.74) is 2.49. The van der Waals surface area contributed by atoms with Crippen LogP contribution in [0.25, 0.3) is 0 Å². The van der Waals surface area contributed by atoms with Gasteiger partial charge in [0.05, 0.1) is 11.3 Å². The lowest BCUT2D eigenvalue weighted by Crippen LogP contribution is -2.07. The summed E-state index contributed by atoms with van der Waals surface area (Å²) >= 11 is 0. The second-order valence-electron chi connectivity index (χ2n) is 4.54. The van der Waals surface area contributed by atoms with Crippen LogP contribution in [0, 0.1) is 19.7 Å². The summed E-state index contributed by atoms with van der Waals surface area (Å²) in [5.74, 6) is 1.06. The van der Waals surface area contributed by atoms with Crippen LogP contribution in [0.15, 0.2) is 18.2 Å². The minimum atomic E-state index is -0.232. The van der Waals surface area contributed by atoms with Crippen molar-refractivity contribution in [1.29, 1.82) is 0 Å². The van der Waals surface area contributed by atoms with Crippen molar-refractivity contribution in [3.63, 3.8) is 0 Å². The first-order chi connectivity index (χ1) is 9.02. The van der Waals surface area contributed by atoms with E-state index in [2.05, 4.69) is 10.4 Å². The van der Waals surface area contributed by atoms with E-state index in [1.54, 1.807) is 23.7 Å². The van der Waals surface area contributed by atoms with Gasteiger partial charge in [-0.1, -0.05) is 0 Å². The normalized spacial score (nSPS) is 10.8. The van der Waals surface area contributed by atoms with Gasteiger partial charge in [0.25, 0.3) is 0 Å². The zero-order valence-corrected chi connectivity index (χ0v) is 11.6. The molecule has 102 valence electrons. The molecule has 0 spiro atoms. The minimum Gasteiger partial charge on any atom is -0.439 e. The molecular weight excluding hydrogens is 245 g/mol. The van der Waals surface area contributed by atoms with Crippen LogP contribution in [0.5, 0.6) is 11.6 Å². The lowest BCUT2D eigenvalue weighted by Gasteiger charge is -2.09. The van der Waals surface area contributed by atoms with E-state index in [0.717, 1.165) is 11.3 Å². The Balaban J connectivity index is 2.34. The van der Waals surface area contributed by atoms with E-state index in [1.807, 2.05) is 21.0 Å². The Hall–Kier alpha value is -1.88. The van der Waals surface area contributed by atoms with Crippen LogP contribution in [0.3, 0.4) is 0 Å². The van der Waals surface area contributed by atoms with Gasteiger partial charge < -0.3 is 10.1 Å². The Labute approximate surface area is 112 Å². The molecule has 2 rings (SSSR count). The molecule has 0 saturated carbocycles. The Morgan fingerprint density at radius 1 is 1.37 bits per heavy atom. The lowest BCUT2D eigenvalue weighted by atomic mass is 10.2. The van der Waals surface area contributed by atoms with Crippen LogP contribution >= 0.6 is 0 Å². The number of aryl methyl sites for hydroxylation is 3. The largest absolute Gasteiger partial charge is 0.439 e. The van der Waals surface area contributed by atoms with Crippen molar-refractivity contribution in [3.8, 4) is 11.6 Å². The molecule has 0 aliphatic heterocycles. The first-order valence-corrected chi connectivity index (χ1v) is 6.14. The van der Waals surface area contributed by atoms with Gasteiger partial charge in [0.2, 0.25) is 5.88 Å². The number of benzene rings is 1. The number of hydrogen-bond acceptors (Lipinski definition) is 3. The molecule has 0 unspecified atom stereocenters. The number of aromatic nitrogens is 2. The van der Waals surface area contributed by atoms with Crippen LogP contribution < -0.4 is 10.1 Å². The van der Waals surface area contributed by atoms with Gasteiger partial charge >= 0.3 is 0 Å². The number of ether oxygens (including phenoxy) is 1. The molecule has 0 atom stereocenters. The van der Waals surface area contributed by atoms with Crippen molar-refractivity contribution in [2.75, 3.05) is 7.05 Å². The molecule has 0 saturated heterocycles. The van der Waals surface area contributed by atoms with Crippen LogP contribution in [-0.2, 0) is 13.6 Å². The molecule has 0 bridgehead atoms. The molecule has 1 heterocycles. The van der Waals surface area contributed by atoms with Gasteiger partial charge in [-0.2, -0.15) is 5.10 Å². The highest BCUT2D eigenvalue weighted by atomic mass is 19.1. The van der Waals surface area contributed by atoms with Crippen LogP contribution in [0.1, 0.15) is 16.8 Å². The van der Waals surface area contributed by atoms with Crippen LogP contribution in [-0.4, -0.2) is 16.8 Å². The fourth-order valence-electron chi connectivity index (χ4n) is 1.98. The number of nitrogens with zero attached hydrogens (tertiary/aromatic N) is 2. The van der Waals surface area contributed by atoms with Crippen molar-refractivity contribution in [3.05, 3.63) is 40.8 Å². The third-order valence-electron chi connectivity index (χ3n) is 2.99. The van der Waals surface area contributed by atoms with Crippen molar-refractivity contribution in [2.24, 2.45) is 7.05 Å². The first-order valence-electron chi connectivity index (χ1n) is 6.14. The Morgan fingerprint density at radius 2 is 2.11 bits per heavy atom. The van der Waals surface area contributed by atoms with E-state index in [4.69, 9.17) is 4.74 Å². The van der Waals surface area contributed by atoms with E-state index in [-0.39, 0.29) is 5.82 Å². The first kappa shape index (κ1) is 13.5. The summed E-state index contributed by atoms with van der Waals surface area (Å²) in [6, 6.07) is 4.71. The Bertz CT molecular complexity index is 593. The molecule has 0 aliphatic carbocycles. The van der Waals surface area contributed by atoms with Gasteiger partial charge in [0.15, 0.2) is 0 Å². The maximum absolute atomic E-state index is 13.2. The molecule has 1 N–H and O–H groups in total. The summed E-state index contributed by atoms with van der Waals surface area (Å²) in [6.07, 6.45) is 0. The van der Waals surface area contributed by atoms with E-state index in [9.17, 15) is 4.39 Å². The maximum atomic E-state index is 13.2. The molecule has 19 heavy (non-hydrogen) atoms. The zero-order valence-electron chi connectivity index (χ0n) is 11.6. The Kier molecular flexibility index (Phi) is 3.85. The summed E-state index contributed by atoms with van der Waals surface area (Å²) < 4.78 is 20.8. The fourth-order valence-corrected chi connectivity index (χ4v) is 1.98.